The fourth-order valence-electron chi connectivity index (χ4n) is 3.45. The number of aromatic amines is 1. The van der Waals surface area contributed by atoms with Crippen LogP contribution in [0.4, 0.5) is 10.5 Å². The van der Waals surface area contributed by atoms with Crippen LogP contribution in [0.5, 0.6) is 0 Å². The first kappa shape index (κ1) is 19.7. The second-order valence-electron chi connectivity index (χ2n) is 8.25. The lowest BCUT2D eigenvalue weighted by molar-refractivity contribution is 0.0240. The third kappa shape index (κ3) is 4.70. The number of rotatable bonds is 3. The van der Waals surface area contributed by atoms with Crippen LogP contribution in [-0.2, 0) is 4.74 Å². The summed E-state index contributed by atoms with van der Waals surface area (Å²) >= 11 is 1.77. The molecule has 0 saturated carbocycles. The predicted octanol–water partition coefficient (Wildman–Crippen LogP) is 5.62. The van der Waals surface area contributed by atoms with E-state index in [-0.39, 0.29) is 7.52 Å². The minimum Gasteiger partial charge on any atom is -0.444 e. The first-order valence-corrected chi connectivity index (χ1v) is 10.8. The van der Waals surface area contributed by atoms with Gasteiger partial charge in [-0.3, -0.25) is 0 Å². The second kappa shape index (κ2) is 8.03. The second-order valence-corrected chi connectivity index (χ2v) is 9.37. The maximum absolute atomic E-state index is 12.3. The standard InChI is InChI=1S/C23H27N3O2S.H2/c1-23(2,3)28-22(27)26-13-11-25(12-14-26)17-9-10-20-19(15-17)21(16-24-20)29-18-7-5-4-6-8-18;/h4-10,15-16,24H,11-14H2,1-3H3;1H. The highest BCUT2D eigenvalue weighted by atomic mass is 32.2. The van der Waals surface area contributed by atoms with E-state index in [1.54, 1.807) is 16.7 Å². The van der Waals surface area contributed by atoms with Crippen molar-refractivity contribution in [1.82, 2.24) is 9.88 Å². The van der Waals surface area contributed by atoms with Crippen LogP contribution in [0.15, 0.2) is 64.5 Å². The van der Waals surface area contributed by atoms with Crippen molar-refractivity contribution in [2.45, 2.75) is 36.2 Å². The van der Waals surface area contributed by atoms with Crippen molar-refractivity contribution >= 4 is 34.4 Å². The van der Waals surface area contributed by atoms with E-state index in [0.717, 1.165) is 18.6 Å². The van der Waals surface area contributed by atoms with Gasteiger partial charge in [0.15, 0.2) is 0 Å². The maximum Gasteiger partial charge on any atom is 0.410 e. The van der Waals surface area contributed by atoms with Crippen LogP contribution in [0.2, 0.25) is 0 Å². The smallest absolute Gasteiger partial charge is 0.410 e. The number of H-pyrrole nitrogens is 1. The Morgan fingerprint density at radius 3 is 2.48 bits per heavy atom. The highest BCUT2D eigenvalue weighted by Gasteiger charge is 2.26. The lowest BCUT2D eigenvalue weighted by atomic mass is 10.2. The first-order valence-electron chi connectivity index (χ1n) is 9.96. The molecule has 29 heavy (non-hydrogen) atoms. The van der Waals surface area contributed by atoms with Crippen molar-refractivity contribution in [3.63, 3.8) is 0 Å². The molecule has 1 aromatic heterocycles. The number of benzene rings is 2. The minimum atomic E-state index is -0.458. The van der Waals surface area contributed by atoms with Gasteiger partial charge in [0.25, 0.3) is 0 Å². The van der Waals surface area contributed by atoms with E-state index in [1.807, 2.05) is 26.8 Å². The third-order valence-corrected chi connectivity index (χ3v) is 5.96. The summed E-state index contributed by atoms with van der Waals surface area (Å²) < 4.78 is 5.50. The Hall–Kier alpha value is -2.60. The average molecular weight is 412 g/mol. The number of carbonyl (C=O) groups is 1. The monoisotopic (exact) mass is 411 g/mol. The largest absolute Gasteiger partial charge is 0.444 e. The molecule has 0 radical (unpaired) electrons. The first-order chi connectivity index (χ1) is 13.9. The lowest BCUT2D eigenvalue weighted by Gasteiger charge is -2.36. The Labute approximate surface area is 177 Å². The quantitative estimate of drug-likeness (QED) is 0.607. The molecule has 0 atom stereocenters. The molecule has 2 heterocycles. The third-order valence-electron chi connectivity index (χ3n) is 4.89. The van der Waals surface area contributed by atoms with Crippen molar-refractivity contribution in [2.75, 3.05) is 31.1 Å². The Morgan fingerprint density at radius 1 is 1.07 bits per heavy atom. The Morgan fingerprint density at radius 2 is 1.79 bits per heavy atom. The summed E-state index contributed by atoms with van der Waals surface area (Å²) in [6.45, 7) is 8.65. The summed E-state index contributed by atoms with van der Waals surface area (Å²) in [4.78, 5) is 22.3. The molecule has 1 amide bonds. The van der Waals surface area contributed by atoms with Crippen molar-refractivity contribution in [2.24, 2.45) is 0 Å². The fourth-order valence-corrected chi connectivity index (χ4v) is 4.40. The van der Waals surface area contributed by atoms with E-state index in [2.05, 4.69) is 58.5 Å². The lowest BCUT2D eigenvalue weighted by Crippen LogP contribution is -2.50. The molecule has 1 aliphatic heterocycles. The SMILES string of the molecule is CC(C)(C)OC(=O)N1CCN(c2ccc3[nH]cc(Sc4ccccc4)c3c2)CC1.[HH]. The van der Waals surface area contributed by atoms with Gasteiger partial charge in [-0.25, -0.2) is 4.79 Å². The zero-order valence-corrected chi connectivity index (χ0v) is 18.0. The van der Waals surface area contributed by atoms with Gasteiger partial charge in [0.1, 0.15) is 5.60 Å². The number of hydrogen-bond donors (Lipinski definition) is 1. The Kier molecular flexibility index (Phi) is 5.46. The molecule has 2 aromatic carbocycles. The summed E-state index contributed by atoms with van der Waals surface area (Å²) in [7, 11) is 0. The van der Waals surface area contributed by atoms with Gasteiger partial charge >= 0.3 is 6.09 Å². The van der Waals surface area contributed by atoms with Crippen LogP contribution in [0, 0.1) is 0 Å². The van der Waals surface area contributed by atoms with Gasteiger partial charge in [0.05, 0.1) is 0 Å². The molecule has 5 nitrogen and oxygen atoms in total. The highest BCUT2D eigenvalue weighted by molar-refractivity contribution is 7.99. The van der Waals surface area contributed by atoms with Crippen LogP contribution in [0.3, 0.4) is 0 Å². The molecule has 0 bridgehead atoms. The normalized spacial score (nSPS) is 15.0. The molecule has 3 aromatic rings. The average Bonchev–Trinajstić information content (AvgIpc) is 3.10. The zero-order valence-electron chi connectivity index (χ0n) is 17.1. The number of hydrogen-bond acceptors (Lipinski definition) is 4. The van der Waals surface area contributed by atoms with Crippen LogP contribution < -0.4 is 4.90 Å². The summed E-state index contributed by atoms with van der Waals surface area (Å²) in [5.74, 6) is 0. The summed E-state index contributed by atoms with van der Waals surface area (Å²) in [6, 6.07) is 17.0. The van der Waals surface area contributed by atoms with Crippen molar-refractivity contribution in [1.29, 1.82) is 0 Å². The van der Waals surface area contributed by atoms with Gasteiger partial charge in [-0.2, -0.15) is 0 Å². The molecule has 0 spiro atoms. The fraction of sp³-hybridized carbons (Fsp3) is 0.348. The predicted molar refractivity (Wildman–Crippen MR) is 121 cm³/mol. The number of fused-ring (bicyclic) bond motifs is 1. The van der Waals surface area contributed by atoms with Crippen molar-refractivity contribution < 1.29 is 11.0 Å². The number of amides is 1. The van der Waals surface area contributed by atoms with E-state index in [1.165, 1.54) is 20.9 Å². The molecular weight excluding hydrogens is 382 g/mol. The molecule has 6 heteroatoms. The maximum atomic E-state index is 12.3. The van der Waals surface area contributed by atoms with Crippen LogP contribution >= 0.6 is 11.8 Å². The van der Waals surface area contributed by atoms with E-state index >= 15 is 0 Å². The van der Waals surface area contributed by atoms with Crippen LogP contribution in [-0.4, -0.2) is 47.8 Å². The number of anilines is 1. The molecule has 0 aliphatic carbocycles. The topological polar surface area (TPSA) is 48.6 Å². The molecule has 1 N–H and O–H groups in total. The molecule has 0 unspecified atom stereocenters. The summed E-state index contributed by atoms with van der Waals surface area (Å²) in [5, 5.41) is 1.23. The van der Waals surface area contributed by atoms with Crippen molar-refractivity contribution in [3.8, 4) is 0 Å². The van der Waals surface area contributed by atoms with Crippen LogP contribution in [0.1, 0.15) is 22.2 Å². The van der Waals surface area contributed by atoms with Gasteiger partial charge in [0, 0.05) is 60.2 Å². The molecule has 1 aliphatic rings. The number of nitrogens with one attached hydrogen (secondary N) is 1. The number of carbonyl (C=O) groups excluding carboxylic acids is 1. The molecule has 4 rings (SSSR count). The summed E-state index contributed by atoms with van der Waals surface area (Å²) in [5.41, 5.74) is 1.87. The van der Waals surface area contributed by atoms with Gasteiger partial charge < -0.3 is 19.5 Å². The van der Waals surface area contributed by atoms with E-state index in [9.17, 15) is 4.79 Å². The zero-order chi connectivity index (χ0) is 20.4. The Bertz CT molecular complexity index is 993. The van der Waals surface area contributed by atoms with Crippen LogP contribution in [0.25, 0.3) is 10.9 Å². The van der Waals surface area contributed by atoms with Gasteiger partial charge in [-0.1, -0.05) is 30.0 Å². The van der Waals surface area contributed by atoms with E-state index in [0.29, 0.717) is 13.1 Å². The summed E-state index contributed by atoms with van der Waals surface area (Å²) in [6.07, 6.45) is 1.85. The van der Waals surface area contributed by atoms with Gasteiger partial charge in [-0.05, 0) is 51.1 Å². The number of piperazine rings is 1. The molecule has 154 valence electrons. The Balaban J connectivity index is 0.00000256. The number of aromatic nitrogens is 1. The van der Waals surface area contributed by atoms with E-state index < -0.39 is 5.60 Å². The van der Waals surface area contributed by atoms with Gasteiger partial charge in [-0.15, -0.1) is 0 Å². The van der Waals surface area contributed by atoms with Crippen molar-refractivity contribution in [3.05, 3.63) is 54.7 Å². The number of ether oxygens (including phenoxy) is 1. The molecule has 1 saturated heterocycles. The molecule has 1 fully saturated rings. The minimum absolute atomic E-state index is 0. The van der Waals surface area contributed by atoms with E-state index in [4.69, 9.17) is 4.74 Å². The highest BCUT2D eigenvalue weighted by Crippen LogP contribution is 2.35. The number of nitrogens with zero attached hydrogens (tertiary/aromatic N) is 2. The molecular formula is C23H29N3O2S. The van der Waals surface area contributed by atoms with Gasteiger partial charge in [0.2, 0.25) is 0 Å².